The molecule has 1 saturated heterocycles. The van der Waals surface area contributed by atoms with E-state index in [-0.39, 0.29) is 12.6 Å². The molecule has 1 aliphatic rings. The summed E-state index contributed by atoms with van der Waals surface area (Å²) in [5.74, 6) is 0.715. The van der Waals surface area contributed by atoms with Crippen molar-refractivity contribution in [3.63, 3.8) is 0 Å². The van der Waals surface area contributed by atoms with E-state index in [0.717, 1.165) is 32.4 Å². The normalized spacial score (nSPS) is 17.9. The fourth-order valence-electron chi connectivity index (χ4n) is 2.91. The van der Waals surface area contributed by atoms with Crippen molar-refractivity contribution in [1.82, 2.24) is 10.2 Å². The molecule has 0 radical (unpaired) electrons. The van der Waals surface area contributed by atoms with Gasteiger partial charge in [0.2, 0.25) is 0 Å². The number of nitrogens with one attached hydrogen (secondary N) is 2. The van der Waals surface area contributed by atoms with Crippen LogP contribution in [0.2, 0.25) is 0 Å². The Bertz CT molecular complexity index is 496. The summed E-state index contributed by atoms with van der Waals surface area (Å²) in [6.45, 7) is 2.97. The van der Waals surface area contributed by atoms with Gasteiger partial charge < -0.3 is 20.5 Å². The van der Waals surface area contributed by atoms with E-state index in [1.807, 2.05) is 18.2 Å². The van der Waals surface area contributed by atoms with E-state index >= 15 is 0 Å². The number of methoxy groups -OCH3 is 1. The highest BCUT2D eigenvalue weighted by Crippen LogP contribution is 2.17. The Morgan fingerprint density at radius 2 is 2.30 bits per heavy atom. The first kappa shape index (κ1) is 17.6. The van der Waals surface area contributed by atoms with E-state index in [0.29, 0.717) is 24.0 Å². The molecule has 1 unspecified atom stereocenters. The van der Waals surface area contributed by atoms with E-state index in [9.17, 15) is 9.90 Å². The Labute approximate surface area is 137 Å². The fraction of sp³-hybridized carbons (Fsp3) is 0.588. The molecule has 0 aliphatic carbocycles. The highest BCUT2D eigenvalue weighted by atomic mass is 16.5. The van der Waals surface area contributed by atoms with Crippen LogP contribution in [0.1, 0.15) is 25.7 Å². The number of hydrogen-bond donors (Lipinski definition) is 3. The molecule has 0 bridgehead atoms. The molecule has 23 heavy (non-hydrogen) atoms. The van der Waals surface area contributed by atoms with Gasteiger partial charge in [0.15, 0.2) is 0 Å². The van der Waals surface area contributed by atoms with Crippen molar-refractivity contribution in [1.29, 1.82) is 0 Å². The standard InChI is InChI=1S/C17H27N3O3/c1-23-16-8-4-6-14(12-16)19-17(22)18-9-2-3-10-20-11-5-7-15(20)13-21/h4,6,8,12,15,21H,2-3,5,7,9-11,13H2,1H3,(H2,18,19,22). The van der Waals surface area contributed by atoms with E-state index < -0.39 is 0 Å². The van der Waals surface area contributed by atoms with Gasteiger partial charge in [0.25, 0.3) is 0 Å². The summed E-state index contributed by atoms with van der Waals surface area (Å²) in [6.07, 6.45) is 4.22. The lowest BCUT2D eigenvalue weighted by atomic mass is 10.2. The summed E-state index contributed by atoms with van der Waals surface area (Å²) >= 11 is 0. The van der Waals surface area contributed by atoms with E-state index in [2.05, 4.69) is 15.5 Å². The molecule has 0 saturated carbocycles. The minimum absolute atomic E-state index is 0.201. The van der Waals surface area contributed by atoms with E-state index in [1.54, 1.807) is 13.2 Å². The highest BCUT2D eigenvalue weighted by molar-refractivity contribution is 5.89. The van der Waals surface area contributed by atoms with Crippen molar-refractivity contribution in [2.75, 3.05) is 38.7 Å². The quantitative estimate of drug-likeness (QED) is 0.641. The number of rotatable bonds is 8. The number of hydrogen-bond acceptors (Lipinski definition) is 4. The Morgan fingerprint density at radius 1 is 1.43 bits per heavy atom. The molecule has 1 aromatic carbocycles. The maximum Gasteiger partial charge on any atom is 0.319 e. The lowest BCUT2D eigenvalue weighted by Gasteiger charge is -2.22. The van der Waals surface area contributed by atoms with Crippen LogP contribution in [0.3, 0.4) is 0 Å². The Balaban J connectivity index is 1.59. The monoisotopic (exact) mass is 321 g/mol. The number of ether oxygens (including phenoxy) is 1. The van der Waals surface area contributed by atoms with Gasteiger partial charge in [-0.3, -0.25) is 4.90 Å². The first-order valence-corrected chi connectivity index (χ1v) is 8.26. The molecule has 1 aromatic rings. The molecular weight excluding hydrogens is 294 g/mol. The molecule has 1 aliphatic heterocycles. The largest absolute Gasteiger partial charge is 0.497 e. The predicted octanol–water partition coefficient (Wildman–Crippen LogP) is 2.05. The summed E-state index contributed by atoms with van der Waals surface area (Å²) in [4.78, 5) is 14.2. The molecule has 2 rings (SSSR count). The van der Waals surface area contributed by atoms with Gasteiger partial charge in [0, 0.05) is 24.3 Å². The molecule has 1 fully saturated rings. The summed E-state index contributed by atoms with van der Waals surface area (Å²) in [6, 6.07) is 7.40. The van der Waals surface area contributed by atoms with Crippen molar-refractivity contribution >= 4 is 11.7 Å². The van der Waals surface area contributed by atoms with E-state index in [4.69, 9.17) is 4.74 Å². The molecule has 1 atom stereocenters. The van der Waals surface area contributed by atoms with Crippen molar-refractivity contribution in [2.45, 2.75) is 31.7 Å². The van der Waals surface area contributed by atoms with Crippen LogP contribution in [0.25, 0.3) is 0 Å². The number of nitrogens with zero attached hydrogens (tertiary/aromatic N) is 1. The summed E-state index contributed by atoms with van der Waals surface area (Å²) in [7, 11) is 1.60. The second-order valence-corrected chi connectivity index (χ2v) is 5.83. The maximum atomic E-state index is 11.8. The van der Waals surface area contributed by atoms with Crippen molar-refractivity contribution in [3.8, 4) is 5.75 Å². The SMILES string of the molecule is COc1cccc(NC(=O)NCCCCN2CCCC2CO)c1. The van der Waals surface area contributed by atoms with Crippen molar-refractivity contribution in [3.05, 3.63) is 24.3 Å². The predicted molar refractivity (Wildman–Crippen MR) is 90.9 cm³/mol. The highest BCUT2D eigenvalue weighted by Gasteiger charge is 2.22. The van der Waals surface area contributed by atoms with Crippen LogP contribution in [0.5, 0.6) is 5.75 Å². The number of benzene rings is 1. The van der Waals surface area contributed by atoms with Gasteiger partial charge in [-0.2, -0.15) is 0 Å². The van der Waals surface area contributed by atoms with Crippen LogP contribution in [0.4, 0.5) is 10.5 Å². The van der Waals surface area contributed by atoms with Crippen LogP contribution in [-0.2, 0) is 0 Å². The lowest BCUT2D eigenvalue weighted by Crippen LogP contribution is -2.34. The van der Waals surface area contributed by atoms with Crippen molar-refractivity contribution in [2.24, 2.45) is 0 Å². The fourth-order valence-corrected chi connectivity index (χ4v) is 2.91. The average molecular weight is 321 g/mol. The van der Waals surface area contributed by atoms with Gasteiger partial charge in [0.1, 0.15) is 5.75 Å². The van der Waals surface area contributed by atoms with Gasteiger partial charge in [-0.25, -0.2) is 4.79 Å². The topological polar surface area (TPSA) is 73.8 Å². The number of aliphatic hydroxyl groups excluding tert-OH is 1. The average Bonchev–Trinajstić information content (AvgIpc) is 3.02. The number of carbonyl (C=O) groups excluding carboxylic acids is 1. The zero-order chi connectivity index (χ0) is 16.5. The minimum atomic E-state index is -0.201. The number of unbranched alkanes of at least 4 members (excludes halogenated alkanes) is 1. The Morgan fingerprint density at radius 3 is 3.09 bits per heavy atom. The van der Waals surface area contributed by atoms with Crippen LogP contribution in [0.15, 0.2) is 24.3 Å². The third kappa shape index (κ3) is 5.73. The summed E-state index contributed by atoms with van der Waals surface area (Å²) in [5.41, 5.74) is 0.713. The summed E-state index contributed by atoms with van der Waals surface area (Å²) < 4.78 is 5.12. The van der Waals surface area contributed by atoms with Gasteiger partial charge in [-0.15, -0.1) is 0 Å². The molecular formula is C17H27N3O3. The molecule has 1 heterocycles. The van der Waals surface area contributed by atoms with E-state index in [1.165, 1.54) is 6.42 Å². The third-order valence-electron chi connectivity index (χ3n) is 4.20. The number of anilines is 1. The zero-order valence-electron chi connectivity index (χ0n) is 13.8. The molecule has 3 N–H and O–H groups in total. The van der Waals surface area contributed by atoms with Crippen molar-refractivity contribution < 1.29 is 14.6 Å². The van der Waals surface area contributed by atoms with Gasteiger partial charge >= 0.3 is 6.03 Å². The maximum absolute atomic E-state index is 11.8. The Hall–Kier alpha value is -1.79. The number of amides is 2. The van der Waals surface area contributed by atoms with Gasteiger partial charge in [-0.05, 0) is 50.9 Å². The third-order valence-corrected chi connectivity index (χ3v) is 4.20. The number of likely N-dealkylation sites (tertiary alicyclic amines) is 1. The lowest BCUT2D eigenvalue weighted by molar-refractivity contribution is 0.157. The minimum Gasteiger partial charge on any atom is -0.497 e. The van der Waals surface area contributed by atoms with Crippen LogP contribution < -0.4 is 15.4 Å². The smallest absolute Gasteiger partial charge is 0.319 e. The van der Waals surface area contributed by atoms with Gasteiger partial charge in [0.05, 0.1) is 13.7 Å². The number of carbonyl (C=O) groups is 1. The van der Waals surface area contributed by atoms with Gasteiger partial charge in [-0.1, -0.05) is 6.07 Å². The molecule has 0 spiro atoms. The molecule has 128 valence electrons. The summed E-state index contributed by atoms with van der Waals surface area (Å²) in [5, 5.41) is 14.9. The zero-order valence-corrected chi connectivity index (χ0v) is 13.8. The Kier molecular flexibility index (Phi) is 7.16. The molecule has 6 heteroatoms. The first-order valence-electron chi connectivity index (χ1n) is 8.26. The second-order valence-electron chi connectivity index (χ2n) is 5.83. The van der Waals surface area contributed by atoms with Crippen LogP contribution in [-0.4, -0.2) is 55.4 Å². The molecule has 6 nitrogen and oxygen atoms in total. The molecule has 2 amide bonds. The van der Waals surface area contributed by atoms with Crippen LogP contribution >= 0.6 is 0 Å². The number of aliphatic hydroxyl groups is 1. The van der Waals surface area contributed by atoms with Crippen LogP contribution in [0, 0.1) is 0 Å². The number of urea groups is 1. The second kappa shape index (κ2) is 9.37. The first-order chi connectivity index (χ1) is 11.2. The molecule has 0 aromatic heterocycles.